The topological polar surface area (TPSA) is 121 Å². The lowest BCUT2D eigenvalue weighted by Gasteiger charge is -2.25. The third kappa shape index (κ3) is 4.19. The number of nitrogens with one attached hydrogen (secondary N) is 1. The molecule has 0 bridgehead atoms. The van der Waals surface area contributed by atoms with Gasteiger partial charge in [0, 0.05) is 24.4 Å². The summed E-state index contributed by atoms with van der Waals surface area (Å²) in [5.74, 6) is 0.739. The molecule has 0 unspecified atom stereocenters. The number of aromatic nitrogens is 4. The average Bonchev–Trinajstić information content (AvgIpc) is 3.38. The molecule has 2 aromatic rings. The molecule has 1 aliphatic carbocycles. The van der Waals surface area contributed by atoms with Crippen LogP contribution in [-0.2, 0) is 11.2 Å². The summed E-state index contributed by atoms with van der Waals surface area (Å²) in [6.07, 6.45) is 6.33. The number of carbonyl (C=O) groups excluding carboxylic acids is 1. The fraction of sp³-hybridized carbons (Fsp3) is 0.667. The Morgan fingerprint density at radius 2 is 2.15 bits per heavy atom. The number of ether oxygens (including phenoxy) is 1. The zero-order valence-electron chi connectivity index (χ0n) is 15.5. The average molecular weight is 374 g/mol. The molecular weight excluding hydrogens is 348 g/mol. The fourth-order valence-corrected chi connectivity index (χ4v) is 3.90. The normalized spacial score (nSPS) is 28.4. The van der Waals surface area contributed by atoms with Crippen molar-refractivity contribution in [2.24, 2.45) is 11.7 Å². The summed E-state index contributed by atoms with van der Waals surface area (Å²) in [6.45, 7) is 2.96. The Morgan fingerprint density at radius 3 is 2.89 bits per heavy atom. The molecule has 1 saturated carbocycles. The molecule has 2 fully saturated rings. The first-order valence-electron chi connectivity index (χ1n) is 9.56. The van der Waals surface area contributed by atoms with Gasteiger partial charge in [0.2, 0.25) is 0 Å². The van der Waals surface area contributed by atoms with E-state index in [1.165, 1.54) is 0 Å². The first kappa shape index (κ1) is 18.1. The molecule has 2 aromatic heterocycles. The van der Waals surface area contributed by atoms with Gasteiger partial charge in [0.05, 0.1) is 37.2 Å². The Hall–Kier alpha value is -2.26. The predicted octanol–water partition coefficient (Wildman–Crippen LogP) is 1.00. The van der Waals surface area contributed by atoms with Crippen LogP contribution in [0.1, 0.15) is 53.7 Å². The molecule has 9 nitrogen and oxygen atoms in total. The summed E-state index contributed by atoms with van der Waals surface area (Å²) < 4.78 is 12.7. The third-order valence-corrected chi connectivity index (χ3v) is 5.51. The van der Waals surface area contributed by atoms with Gasteiger partial charge in [0.1, 0.15) is 5.76 Å². The van der Waals surface area contributed by atoms with Crippen molar-refractivity contribution < 1.29 is 14.1 Å². The second-order valence-electron chi connectivity index (χ2n) is 7.67. The summed E-state index contributed by atoms with van der Waals surface area (Å²) in [7, 11) is 0. The first-order chi connectivity index (χ1) is 13.1. The van der Waals surface area contributed by atoms with Gasteiger partial charge in [-0.1, -0.05) is 10.4 Å². The van der Waals surface area contributed by atoms with Crippen LogP contribution < -0.4 is 11.1 Å². The Kier molecular flexibility index (Phi) is 5.22. The number of rotatable bonds is 5. The molecule has 146 valence electrons. The minimum absolute atomic E-state index is 0.0827. The zero-order valence-corrected chi connectivity index (χ0v) is 15.5. The van der Waals surface area contributed by atoms with Crippen LogP contribution in [0.3, 0.4) is 0 Å². The van der Waals surface area contributed by atoms with Gasteiger partial charge in [-0.15, -0.1) is 5.10 Å². The lowest BCUT2D eigenvalue weighted by molar-refractivity contribution is 0.0919. The highest BCUT2D eigenvalue weighted by Gasteiger charge is 2.32. The highest BCUT2D eigenvalue weighted by Crippen LogP contribution is 2.27. The molecule has 1 amide bonds. The van der Waals surface area contributed by atoms with Gasteiger partial charge < -0.3 is 20.3 Å². The molecule has 27 heavy (non-hydrogen) atoms. The number of aryl methyl sites for hydroxylation is 1. The van der Waals surface area contributed by atoms with E-state index in [2.05, 4.69) is 20.8 Å². The van der Waals surface area contributed by atoms with Gasteiger partial charge in [-0.05, 0) is 32.6 Å². The molecule has 0 spiro atoms. The third-order valence-electron chi connectivity index (χ3n) is 5.51. The van der Waals surface area contributed by atoms with E-state index in [4.69, 9.17) is 15.0 Å². The van der Waals surface area contributed by atoms with E-state index < -0.39 is 0 Å². The molecule has 2 atom stereocenters. The number of nitrogens with two attached hydrogens (primary N) is 1. The van der Waals surface area contributed by atoms with Crippen molar-refractivity contribution in [1.82, 2.24) is 25.5 Å². The Bertz CT molecular complexity index is 780. The number of carbonyl (C=O) groups is 1. The van der Waals surface area contributed by atoms with E-state index in [1.807, 2.05) is 13.0 Å². The van der Waals surface area contributed by atoms with Gasteiger partial charge in [-0.25, -0.2) is 4.68 Å². The molecule has 1 aliphatic heterocycles. The van der Waals surface area contributed by atoms with Crippen molar-refractivity contribution in [1.29, 1.82) is 0 Å². The number of hydrogen-bond acceptors (Lipinski definition) is 7. The van der Waals surface area contributed by atoms with Crippen molar-refractivity contribution in [2.75, 3.05) is 13.2 Å². The first-order valence-corrected chi connectivity index (χ1v) is 9.56. The molecular formula is C18H26N6O3. The summed E-state index contributed by atoms with van der Waals surface area (Å²) in [5.41, 5.74) is 7.15. The Balaban J connectivity index is 1.35. The van der Waals surface area contributed by atoms with E-state index in [0.717, 1.165) is 37.1 Å². The maximum atomic E-state index is 12.6. The number of hydrogen-bond donors (Lipinski definition) is 2. The van der Waals surface area contributed by atoms with Crippen molar-refractivity contribution in [3.8, 4) is 0 Å². The van der Waals surface area contributed by atoms with Crippen LogP contribution >= 0.6 is 0 Å². The highest BCUT2D eigenvalue weighted by atomic mass is 16.5. The van der Waals surface area contributed by atoms with Crippen LogP contribution in [0.4, 0.5) is 0 Å². The van der Waals surface area contributed by atoms with Crippen LogP contribution in [0.15, 0.2) is 16.8 Å². The van der Waals surface area contributed by atoms with Crippen molar-refractivity contribution in [3.05, 3.63) is 29.4 Å². The molecule has 0 aromatic carbocycles. The standard InChI is InChI=1S/C18H26N6O3/c1-11-6-15(27-22-11)7-12-9-26-10-17(12)20-18(25)16-8-24(23-21-16)14-4-2-13(19)3-5-14/h6,8,12-14,17H,2-5,7,9-10,19H2,1H3,(H,20,25)/t12-,13?,14?,17+/m1/s1. The second kappa shape index (κ2) is 7.77. The largest absolute Gasteiger partial charge is 0.379 e. The van der Waals surface area contributed by atoms with E-state index in [-0.39, 0.29) is 30.0 Å². The van der Waals surface area contributed by atoms with Crippen LogP contribution in [-0.4, -0.2) is 51.4 Å². The van der Waals surface area contributed by atoms with Gasteiger partial charge in [-0.2, -0.15) is 0 Å². The van der Waals surface area contributed by atoms with Crippen LogP contribution in [0.5, 0.6) is 0 Å². The SMILES string of the molecule is Cc1cc(C[C@@H]2COC[C@@H]2NC(=O)c2cn(C3CCC(N)CC3)nn2)on1. The monoisotopic (exact) mass is 374 g/mol. The maximum absolute atomic E-state index is 12.6. The van der Waals surface area contributed by atoms with Gasteiger partial charge in [0.15, 0.2) is 5.69 Å². The van der Waals surface area contributed by atoms with Crippen molar-refractivity contribution >= 4 is 5.91 Å². The number of nitrogens with zero attached hydrogens (tertiary/aromatic N) is 4. The second-order valence-corrected chi connectivity index (χ2v) is 7.67. The molecule has 3 heterocycles. The molecule has 2 aliphatic rings. The Labute approximate surface area is 157 Å². The summed E-state index contributed by atoms with van der Waals surface area (Å²) in [4.78, 5) is 12.6. The molecule has 4 rings (SSSR count). The lowest BCUT2D eigenvalue weighted by atomic mass is 9.92. The van der Waals surface area contributed by atoms with E-state index in [0.29, 0.717) is 25.3 Å². The van der Waals surface area contributed by atoms with E-state index in [1.54, 1.807) is 10.9 Å². The van der Waals surface area contributed by atoms with Gasteiger partial charge in [-0.3, -0.25) is 4.79 Å². The Morgan fingerprint density at radius 1 is 1.33 bits per heavy atom. The minimum atomic E-state index is -0.219. The summed E-state index contributed by atoms with van der Waals surface area (Å²) >= 11 is 0. The van der Waals surface area contributed by atoms with E-state index in [9.17, 15) is 4.79 Å². The van der Waals surface area contributed by atoms with E-state index >= 15 is 0 Å². The smallest absolute Gasteiger partial charge is 0.273 e. The van der Waals surface area contributed by atoms with Crippen molar-refractivity contribution in [3.63, 3.8) is 0 Å². The maximum Gasteiger partial charge on any atom is 0.273 e. The fourth-order valence-electron chi connectivity index (χ4n) is 3.90. The van der Waals surface area contributed by atoms with Gasteiger partial charge >= 0.3 is 0 Å². The highest BCUT2D eigenvalue weighted by molar-refractivity contribution is 5.92. The molecule has 0 radical (unpaired) electrons. The number of amides is 1. The minimum Gasteiger partial charge on any atom is -0.379 e. The van der Waals surface area contributed by atoms with Crippen LogP contribution in [0.2, 0.25) is 0 Å². The summed E-state index contributed by atoms with van der Waals surface area (Å²) in [5, 5.41) is 15.2. The van der Waals surface area contributed by atoms with Crippen molar-refractivity contribution in [2.45, 2.75) is 57.2 Å². The predicted molar refractivity (Wildman–Crippen MR) is 96.0 cm³/mol. The van der Waals surface area contributed by atoms with Gasteiger partial charge in [0.25, 0.3) is 5.91 Å². The molecule has 9 heteroatoms. The zero-order chi connectivity index (χ0) is 18.8. The molecule has 3 N–H and O–H groups in total. The quantitative estimate of drug-likeness (QED) is 0.801. The van der Waals surface area contributed by atoms with Crippen LogP contribution in [0.25, 0.3) is 0 Å². The molecule has 1 saturated heterocycles. The summed E-state index contributed by atoms with van der Waals surface area (Å²) in [6, 6.07) is 2.38. The lowest BCUT2D eigenvalue weighted by Crippen LogP contribution is -2.40. The van der Waals surface area contributed by atoms with Crippen LogP contribution in [0, 0.1) is 12.8 Å².